The molecule has 19 heavy (non-hydrogen) atoms. The van der Waals surface area contributed by atoms with Gasteiger partial charge in [0.05, 0.1) is 10.0 Å². The lowest BCUT2D eigenvalue weighted by Gasteiger charge is -2.29. The third-order valence-electron chi connectivity index (χ3n) is 3.10. The Balaban J connectivity index is 2.52. The van der Waals surface area contributed by atoms with Crippen LogP contribution in [-0.4, -0.2) is 11.0 Å². The van der Waals surface area contributed by atoms with Crippen LogP contribution in [0.15, 0.2) is 48.5 Å². The van der Waals surface area contributed by atoms with Crippen LogP contribution >= 0.6 is 34.8 Å². The first-order valence-electron chi connectivity index (χ1n) is 5.87. The average Bonchev–Trinajstić information content (AvgIpc) is 2.43. The molecule has 1 nitrogen and oxygen atoms in total. The van der Waals surface area contributed by atoms with Crippen molar-refractivity contribution in [3.8, 4) is 0 Å². The van der Waals surface area contributed by atoms with E-state index in [0.717, 1.165) is 5.56 Å². The predicted octanol–water partition coefficient (Wildman–Crippen LogP) is 4.86. The molecular formula is C15H13Cl3O. The van der Waals surface area contributed by atoms with Crippen molar-refractivity contribution in [2.45, 2.75) is 12.0 Å². The standard InChI is InChI=1S/C15H13Cl3O/c16-9-8-15(19,11-4-2-1-3-5-11)12-6-7-13(17)14(18)10-12/h1-7,10,19H,8-9H2. The molecule has 0 aliphatic rings. The summed E-state index contributed by atoms with van der Waals surface area (Å²) < 4.78 is 0. The molecule has 100 valence electrons. The van der Waals surface area contributed by atoms with E-state index in [1.807, 2.05) is 30.3 Å². The van der Waals surface area contributed by atoms with Crippen LogP contribution in [0.2, 0.25) is 10.0 Å². The van der Waals surface area contributed by atoms with Crippen LogP contribution in [0.1, 0.15) is 17.5 Å². The van der Waals surface area contributed by atoms with Crippen molar-refractivity contribution in [2.24, 2.45) is 0 Å². The molecule has 1 atom stereocenters. The molecule has 2 aromatic carbocycles. The van der Waals surface area contributed by atoms with E-state index in [9.17, 15) is 5.11 Å². The Morgan fingerprint density at radius 2 is 1.58 bits per heavy atom. The van der Waals surface area contributed by atoms with Crippen molar-refractivity contribution in [1.29, 1.82) is 0 Å². The highest BCUT2D eigenvalue weighted by Gasteiger charge is 2.31. The number of rotatable bonds is 4. The molecule has 2 rings (SSSR count). The Labute approximate surface area is 127 Å². The van der Waals surface area contributed by atoms with Crippen molar-refractivity contribution in [2.75, 3.05) is 5.88 Å². The molecule has 0 saturated heterocycles. The van der Waals surface area contributed by atoms with Crippen molar-refractivity contribution < 1.29 is 5.11 Å². The monoisotopic (exact) mass is 314 g/mol. The fourth-order valence-electron chi connectivity index (χ4n) is 2.06. The Kier molecular flexibility index (Phi) is 4.75. The van der Waals surface area contributed by atoms with Gasteiger partial charge in [-0.25, -0.2) is 0 Å². The predicted molar refractivity (Wildman–Crippen MR) is 81.2 cm³/mol. The maximum Gasteiger partial charge on any atom is 0.116 e. The Bertz CT molecular complexity index is 557. The van der Waals surface area contributed by atoms with E-state index >= 15 is 0 Å². The lowest BCUT2D eigenvalue weighted by Crippen LogP contribution is -2.27. The molecule has 0 fully saturated rings. The van der Waals surface area contributed by atoms with Crippen LogP contribution < -0.4 is 0 Å². The number of hydrogen-bond acceptors (Lipinski definition) is 1. The van der Waals surface area contributed by atoms with Crippen molar-refractivity contribution in [1.82, 2.24) is 0 Å². The minimum Gasteiger partial charge on any atom is -0.380 e. The molecule has 0 heterocycles. The molecule has 0 saturated carbocycles. The summed E-state index contributed by atoms with van der Waals surface area (Å²) in [4.78, 5) is 0. The average molecular weight is 316 g/mol. The summed E-state index contributed by atoms with van der Waals surface area (Å²) in [5.41, 5.74) is 0.319. The zero-order valence-electron chi connectivity index (χ0n) is 10.1. The topological polar surface area (TPSA) is 20.2 Å². The van der Waals surface area contributed by atoms with Gasteiger partial charge < -0.3 is 5.11 Å². The fraction of sp³-hybridized carbons (Fsp3) is 0.200. The van der Waals surface area contributed by atoms with Gasteiger partial charge in [-0.1, -0.05) is 59.6 Å². The fourth-order valence-corrected chi connectivity index (χ4v) is 2.63. The number of benzene rings is 2. The van der Waals surface area contributed by atoms with Crippen molar-refractivity contribution in [3.05, 3.63) is 69.7 Å². The molecule has 0 bridgehead atoms. The molecule has 2 aromatic rings. The lowest BCUT2D eigenvalue weighted by atomic mass is 9.84. The SMILES string of the molecule is OC(CCCl)(c1ccccc1)c1ccc(Cl)c(Cl)c1. The van der Waals surface area contributed by atoms with E-state index < -0.39 is 5.60 Å². The summed E-state index contributed by atoms with van der Waals surface area (Å²) in [6.07, 6.45) is 0.399. The number of aliphatic hydroxyl groups is 1. The van der Waals surface area contributed by atoms with E-state index in [2.05, 4.69) is 0 Å². The van der Waals surface area contributed by atoms with E-state index in [1.165, 1.54) is 0 Å². The van der Waals surface area contributed by atoms with Gasteiger partial charge in [0.2, 0.25) is 0 Å². The Morgan fingerprint density at radius 3 is 2.16 bits per heavy atom. The van der Waals surface area contributed by atoms with Gasteiger partial charge in [-0.05, 0) is 29.7 Å². The second-order valence-electron chi connectivity index (χ2n) is 4.29. The molecule has 0 aliphatic heterocycles. The normalized spacial score (nSPS) is 14.1. The summed E-state index contributed by atoms with van der Waals surface area (Å²) >= 11 is 17.8. The molecule has 1 N–H and O–H groups in total. The second-order valence-corrected chi connectivity index (χ2v) is 5.49. The molecule has 0 spiro atoms. The van der Waals surface area contributed by atoms with Gasteiger partial charge in [-0.3, -0.25) is 0 Å². The first-order valence-corrected chi connectivity index (χ1v) is 7.16. The summed E-state index contributed by atoms with van der Waals surface area (Å²) in [5.74, 6) is 0.339. The van der Waals surface area contributed by atoms with Gasteiger partial charge >= 0.3 is 0 Å². The molecule has 4 heteroatoms. The van der Waals surface area contributed by atoms with Crippen LogP contribution in [0.25, 0.3) is 0 Å². The van der Waals surface area contributed by atoms with Gasteiger partial charge in [0.1, 0.15) is 5.60 Å². The molecular weight excluding hydrogens is 303 g/mol. The Morgan fingerprint density at radius 1 is 0.895 bits per heavy atom. The minimum atomic E-state index is -1.16. The summed E-state index contributed by atoms with van der Waals surface area (Å²) in [6, 6.07) is 14.5. The Hall–Kier alpha value is -0.730. The first kappa shape index (κ1) is 14.7. The van der Waals surface area contributed by atoms with Crippen LogP contribution in [-0.2, 0) is 5.60 Å². The zero-order chi connectivity index (χ0) is 13.9. The van der Waals surface area contributed by atoms with E-state index in [4.69, 9.17) is 34.8 Å². The highest BCUT2D eigenvalue weighted by atomic mass is 35.5. The zero-order valence-corrected chi connectivity index (χ0v) is 12.4. The quantitative estimate of drug-likeness (QED) is 0.799. The summed E-state index contributed by atoms with van der Waals surface area (Å²) in [5, 5.41) is 11.9. The van der Waals surface area contributed by atoms with Gasteiger partial charge in [-0.15, -0.1) is 11.6 Å². The van der Waals surface area contributed by atoms with Crippen LogP contribution in [0.3, 0.4) is 0 Å². The highest BCUT2D eigenvalue weighted by Crippen LogP contribution is 2.36. The van der Waals surface area contributed by atoms with E-state index in [-0.39, 0.29) is 0 Å². The maximum absolute atomic E-state index is 11.0. The number of alkyl halides is 1. The molecule has 0 amide bonds. The third kappa shape index (κ3) is 3.06. The van der Waals surface area contributed by atoms with Gasteiger partial charge in [0.15, 0.2) is 0 Å². The van der Waals surface area contributed by atoms with Gasteiger partial charge in [0.25, 0.3) is 0 Å². The van der Waals surface area contributed by atoms with Crippen LogP contribution in [0, 0.1) is 0 Å². The van der Waals surface area contributed by atoms with E-state index in [1.54, 1.807) is 18.2 Å². The van der Waals surface area contributed by atoms with E-state index in [0.29, 0.717) is 27.9 Å². The molecule has 1 unspecified atom stereocenters. The van der Waals surface area contributed by atoms with Gasteiger partial charge in [-0.2, -0.15) is 0 Å². The first-order chi connectivity index (χ1) is 9.08. The minimum absolute atomic E-state index is 0.339. The summed E-state index contributed by atoms with van der Waals surface area (Å²) in [7, 11) is 0. The number of halogens is 3. The molecule has 0 aromatic heterocycles. The highest BCUT2D eigenvalue weighted by molar-refractivity contribution is 6.42. The van der Waals surface area contributed by atoms with Crippen LogP contribution in [0.4, 0.5) is 0 Å². The molecule has 0 radical (unpaired) electrons. The van der Waals surface area contributed by atoms with Crippen molar-refractivity contribution in [3.63, 3.8) is 0 Å². The smallest absolute Gasteiger partial charge is 0.116 e. The summed E-state index contributed by atoms with van der Waals surface area (Å²) in [6.45, 7) is 0. The maximum atomic E-state index is 11.0. The van der Waals surface area contributed by atoms with Gasteiger partial charge in [0, 0.05) is 5.88 Å². The number of hydrogen-bond donors (Lipinski definition) is 1. The lowest BCUT2D eigenvalue weighted by molar-refractivity contribution is 0.0775. The molecule has 0 aliphatic carbocycles. The third-order valence-corrected chi connectivity index (χ3v) is 4.03. The largest absolute Gasteiger partial charge is 0.380 e. The van der Waals surface area contributed by atoms with Crippen LogP contribution in [0.5, 0.6) is 0 Å². The second kappa shape index (κ2) is 6.15. The van der Waals surface area contributed by atoms with Crippen molar-refractivity contribution >= 4 is 34.8 Å².